The topological polar surface area (TPSA) is 64.4 Å². The molecule has 0 N–H and O–H groups in total. The molecule has 0 saturated heterocycles. The van der Waals surface area contributed by atoms with Crippen LogP contribution in [-0.4, -0.2) is 36.5 Å². The van der Waals surface area contributed by atoms with E-state index < -0.39 is 8.32 Å². The van der Waals surface area contributed by atoms with Crippen molar-refractivity contribution in [3.05, 3.63) is 71.0 Å². The molecule has 0 fully saturated rings. The van der Waals surface area contributed by atoms with E-state index >= 15 is 0 Å². The molecule has 0 bridgehead atoms. The van der Waals surface area contributed by atoms with Gasteiger partial charge in [-0.05, 0) is 61.0 Å². The van der Waals surface area contributed by atoms with Crippen molar-refractivity contribution in [2.45, 2.75) is 58.8 Å². The van der Waals surface area contributed by atoms with Gasteiger partial charge in [0.05, 0.1) is 30.0 Å². The Morgan fingerprint density at radius 3 is 2.06 bits per heavy atom. The van der Waals surface area contributed by atoms with Gasteiger partial charge in [-0.15, -0.1) is 0 Å². The summed E-state index contributed by atoms with van der Waals surface area (Å²) < 4.78 is 21.7. The fourth-order valence-corrected chi connectivity index (χ4v) is 5.08. The van der Waals surface area contributed by atoms with Crippen LogP contribution in [0.4, 0.5) is 10.2 Å². The van der Waals surface area contributed by atoms with Gasteiger partial charge in [-0.25, -0.2) is 14.0 Å². The molecule has 0 atom stereocenters. The number of benzene rings is 2. The summed E-state index contributed by atoms with van der Waals surface area (Å²) in [4.78, 5) is 28.0. The van der Waals surface area contributed by atoms with Gasteiger partial charge in [0.25, 0.3) is 11.8 Å². The first-order chi connectivity index (χ1) is 16.5. The quantitative estimate of drug-likeness (QED) is 0.296. The summed E-state index contributed by atoms with van der Waals surface area (Å²) >= 11 is 0. The molecule has 0 saturated carbocycles. The standard InChI is InChI=1S/C27H32FN3O3Si/c1-7-20-23(18-12-14-19(28)15-13-18)29-30(16-17-34-35(5,6)27(2,3)4)24(20)31-25(32)21-10-8-9-11-22(21)26(31)33/h8-15H,7,16-17H2,1-6H3. The van der Waals surface area contributed by atoms with E-state index in [0.717, 1.165) is 11.1 Å². The Labute approximate surface area is 206 Å². The third-order valence-corrected chi connectivity index (χ3v) is 11.6. The van der Waals surface area contributed by atoms with Gasteiger partial charge in [-0.3, -0.25) is 9.59 Å². The van der Waals surface area contributed by atoms with Gasteiger partial charge in [0, 0.05) is 11.1 Å². The molecule has 1 aromatic heterocycles. The Morgan fingerprint density at radius 2 is 1.54 bits per heavy atom. The highest BCUT2D eigenvalue weighted by Gasteiger charge is 2.41. The first-order valence-corrected chi connectivity index (χ1v) is 14.8. The zero-order valence-corrected chi connectivity index (χ0v) is 22.2. The third kappa shape index (κ3) is 4.48. The number of halogens is 1. The number of imide groups is 1. The van der Waals surface area contributed by atoms with E-state index in [1.165, 1.54) is 17.0 Å². The highest BCUT2D eigenvalue weighted by molar-refractivity contribution is 6.74. The molecule has 1 aliphatic rings. The predicted molar refractivity (Wildman–Crippen MR) is 138 cm³/mol. The molecule has 1 aliphatic heterocycles. The van der Waals surface area contributed by atoms with Crippen molar-refractivity contribution in [1.29, 1.82) is 0 Å². The van der Waals surface area contributed by atoms with E-state index in [4.69, 9.17) is 9.52 Å². The first kappa shape index (κ1) is 25.0. The van der Waals surface area contributed by atoms with Crippen LogP contribution >= 0.6 is 0 Å². The highest BCUT2D eigenvalue weighted by atomic mass is 28.4. The number of fused-ring (bicyclic) bond motifs is 1. The predicted octanol–water partition coefficient (Wildman–Crippen LogP) is 6.07. The number of hydrogen-bond acceptors (Lipinski definition) is 4. The minimum absolute atomic E-state index is 0.0519. The Hall–Kier alpha value is -3.10. The Balaban J connectivity index is 1.79. The minimum atomic E-state index is -2.00. The Bertz CT molecular complexity index is 1240. The van der Waals surface area contributed by atoms with Crippen molar-refractivity contribution in [3.8, 4) is 11.3 Å². The molecular weight excluding hydrogens is 461 g/mol. The van der Waals surface area contributed by atoms with Gasteiger partial charge in [-0.2, -0.15) is 5.10 Å². The maximum atomic E-state index is 13.6. The normalized spacial score (nSPS) is 14.1. The lowest BCUT2D eigenvalue weighted by molar-refractivity contribution is 0.0922. The number of rotatable bonds is 7. The number of anilines is 1. The van der Waals surface area contributed by atoms with Crippen LogP contribution in [0.3, 0.4) is 0 Å². The Morgan fingerprint density at radius 1 is 0.971 bits per heavy atom. The second-order valence-corrected chi connectivity index (χ2v) is 15.1. The van der Waals surface area contributed by atoms with Gasteiger partial charge >= 0.3 is 0 Å². The summed E-state index contributed by atoms with van der Waals surface area (Å²) in [7, 11) is -2.00. The highest BCUT2D eigenvalue weighted by Crippen LogP contribution is 2.38. The SMILES string of the molecule is CCc1c(-c2ccc(F)cc2)nn(CCO[Si](C)(C)C(C)(C)C)c1N1C(=O)c2ccccc2C1=O. The van der Waals surface area contributed by atoms with E-state index in [1.807, 2.05) is 6.92 Å². The fraction of sp³-hybridized carbons (Fsp3) is 0.370. The molecule has 2 amide bonds. The minimum Gasteiger partial charge on any atom is -0.415 e. The van der Waals surface area contributed by atoms with Crippen LogP contribution in [0, 0.1) is 5.82 Å². The van der Waals surface area contributed by atoms with Gasteiger partial charge < -0.3 is 4.43 Å². The van der Waals surface area contributed by atoms with E-state index in [-0.39, 0.29) is 22.7 Å². The number of carbonyl (C=O) groups excluding carboxylic acids is 2. The molecule has 8 heteroatoms. The summed E-state index contributed by atoms with van der Waals surface area (Å²) in [6, 6.07) is 12.9. The van der Waals surface area contributed by atoms with Crippen molar-refractivity contribution in [1.82, 2.24) is 9.78 Å². The largest absolute Gasteiger partial charge is 0.415 e. The number of aromatic nitrogens is 2. The number of nitrogens with zero attached hydrogens (tertiary/aromatic N) is 3. The van der Waals surface area contributed by atoms with Gasteiger partial charge in [0.1, 0.15) is 11.6 Å². The summed E-state index contributed by atoms with van der Waals surface area (Å²) in [6.07, 6.45) is 0.540. The Kier molecular flexibility index (Phi) is 6.55. The third-order valence-electron chi connectivity index (χ3n) is 7.07. The molecule has 0 radical (unpaired) electrons. The van der Waals surface area contributed by atoms with E-state index in [9.17, 15) is 14.0 Å². The van der Waals surface area contributed by atoms with E-state index in [1.54, 1.807) is 41.1 Å². The number of amides is 2. The van der Waals surface area contributed by atoms with Crippen molar-refractivity contribution in [2.75, 3.05) is 11.5 Å². The molecule has 0 aliphatic carbocycles. The fourth-order valence-electron chi connectivity index (χ4n) is 4.05. The summed E-state index contributed by atoms with van der Waals surface area (Å²) in [5.41, 5.74) is 2.89. The van der Waals surface area contributed by atoms with Crippen LogP contribution in [0.5, 0.6) is 0 Å². The number of hydrogen-bond donors (Lipinski definition) is 0. The van der Waals surface area contributed by atoms with Crippen molar-refractivity contribution < 1.29 is 18.4 Å². The molecule has 2 aromatic carbocycles. The smallest absolute Gasteiger partial charge is 0.267 e. The van der Waals surface area contributed by atoms with Crippen LogP contribution < -0.4 is 4.90 Å². The van der Waals surface area contributed by atoms with Crippen molar-refractivity contribution in [3.63, 3.8) is 0 Å². The van der Waals surface area contributed by atoms with Crippen LogP contribution in [0.1, 0.15) is 54.0 Å². The zero-order valence-electron chi connectivity index (χ0n) is 21.2. The van der Waals surface area contributed by atoms with Crippen LogP contribution in [0.2, 0.25) is 18.1 Å². The average molecular weight is 494 g/mol. The maximum absolute atomic E-state index is 13.6. The van der Waals surface area contributed by atoms with E-state index in [2.05, 4.69) is 33.9 Å². The second-order valence-electron chi connectivity index (χ2n) is 10.3. The van der Waals surface area contributed by atoms with Crippen molar-refractivity contribution >= 4 is 25.9 Å². The second kappa shape index (κ2) is 9.16. The van der Waals surface area contributed by atoms with Gasteiger partial charge in [-0.1, -0.05) is 39.8 Å². The zero-order chi connectivity index (χ0) is 25.5. The molecule has 0 spiro atoms. The number of carbonyl (C=O) groups is 2. The molecule has 0 unspecified atom stereocenters. The summed E-state index contributed by atoms with van der Waals surface area (Å²) in [6.45, 7) is 13.6. The van der Waals surface area contributed by atoms with Gasteiger partial charge in [0.2, 0.25) is 0 Å². The molecule has 35 heavy (non-hydrogen) atoms. The van der Waals surface area contributed by atoms with Crippen molar-refractivity contribution in [2.24, 2.45) is 0 Å². The first-order valence-electron chi connectivity index (χ1n) is 11.9. The lowest BCUT2D eigenvalue weighted by Gasteiger charge is -2.36. The van der Waals surface area contributed by atoms with Gasteiger partial charge in [0.15, 0.2) is 8.32 Å². The van der Waals surface area contributed by atoms with Crippen LogP contribution in [0.15, 0.2) is 48.5 Å². The molecule has 4 rings (SSSR count). The monoisotopic (exact) mass is 493 g/mol. The summed E-state index contributed by atoms with van der Waals surface area (Å²) in [5.74, 6) is -0.610. The summed E-state index contributed by atoms with van der Waals surface area (Å²) in [5, 5.41) is 4.87. The molecule has 3 aromatic rings. The van der Waals surface area contributed by atoms with Crippen LogP contribution in [-0.2, 0) is 17.4 Å². The average Bonchev–Trinajstić information content (AvgIpc) is 3.28. The maximum Gasteiger partial charge on any atom is 0.267 e. The molecule has 6 nitrogen and oxygen atoms in total. The van der Waals surface area contributed by atoms with Crippen LogP contribution in [0.25, 0.3) is 11.3 Å². The lowest BCUT2D eigenvalue weighted by atomic mass is 10.1. The molecule has 2 heterocycles. The van der Waals surface area contributed by atoms with E-state index in [0.29, 0.717) is 42.2 Å². The lowest BCUT2D eigenvalue weighted by Crippen LogP contribution is -2.41. The molecular formula is C27H32FN3O3Si. The molecule has 184 valence electrons.